The molecule has 0 aromatic carbocycles. The van der Waals surface area contributed by atoms with Crippen molar-refractivity contribution in [2.24, 2.45) is 0 Å². The van der Waals surface area contributed by atoms with Crippen LogP contribution in [0.3, 0.4) is 0 Å². The first kappa shape index (κ1) is 9.86. The molecule has 15 heavy (non-hydrogen) atoms. The van der Waals surface area contributed by atoms with Gasteiger partial charge in [0, 0.05) is 23.7 Å². The topological polar surface area (TPSA) is 49.0 Å². The van der Waals surface area contributed by atoms with E-state index in [0.29, 0.717) is 12.2 Å². The van der Waals surface area contributed by atoms with Crippen LogP contribution in [0, 0.1) is 0 Å². The summed E-state index contributed by atoms with van der Waals surface area (Å²) in [5, 5.41) is 0.990. The number of aromatic amines is 1. The van der Waals surface area contributed by atoms with Gasteiger partial charge in [0.15, 0.2) is 0 Å². The summed E-state index contributed by atoms with van der Waals surface area (Å²) in [6, 6.07) is 3.82. The third-order valence-electron chi connectivity index (χ3n) is 2.25. The molecule has 1 radical (unpaired) electrons. The molecule has 0 saturated heterocycles. The molecule has 2 aromatic heterocycles. The number of hydrogen-bond donors (Lipinski definition) is 1. The van der Waals surface area contributed by atoms with Crippen molar-refractivity contribution in [3.05, 3.63) is 29.6 Å². The Morgan fingerprint density at radius 3 is 3.00 bits per heavy atom. The van der Waals surface area contributed by atoms with E-state index >= 15 is 0 Å². The quantitative estimate of drug-likeness (QED) is 0.810. The van der Waals surface area contributed by atoms with E-state index in [1.54, 1.807) is 6.20 Å². The van der Waals surface area contributed by atoms with Gasteiger partial charge in [-0.2, -0.15) is 0 Å². The second-order valence-electron chi connectivity index (χ2n) is 3.72. The van der Waals surface area contributed by atoms with Crippen molar-refractivity contribution in [2.75, 3.05) is 14.1 Å². The van der Waals surface area contributed by atoms with E-state index in [1.807, 2.05) is 37.4 Å². The van der Waals surface area contributed by atoms with Gasteiger partial charge in [-0.3, -0.25) is 4.79 Å². The number of H-pyrrole nitrogens is 1. The molecule has 0 unspecified atom stereocenters. The molecule has 2 aromatic rings. The third kappa shape index (κ3) is 1.76. The minimum atomic E-state index is 0.498. The van der Waals surface area contributed by atoms with E-state index in [-0.39, 0.29) is 0 Å². The molecule has 4 heteroatoms. The van der Waals surface area contributed by atoms with Gasteiger partial charge in [-0.05, 0) is 26.2 Å². The maximum Gasteiger partial charge on any atom is 0.251 e. The fourth-order valence-corrected chi connectivity index (χ4v) is 1.64. The zero-order valence-corrected chi connectivity index (χ0v) is 8.74. The summed E-state index contributed by atoms with van der Waals surface area (Å²) < 4.78 is 0. The summed E-state index contributed by atoms with van der Waals surface area (Å²) in [5.74, 6) is 0. The predicted molar refractivity (Wildman–Crippen MR) is 58.3 cm³/mol. The van der Waals surface area contributed by atoms with Gasteiger partial charge in [0.05, 0.1) is 5.69 Å². The monoisotopic (exact) mass is 202 g/mol. The smallest absolute Gasteiger partial charge is 0.251 e. The second-order valence-corrected chi connectivity index (χ2v) is 3.72. The summed E-state index contributed by atoms with van der Waals surface area (Å²) in [4.78, 5) is 19.9. The summed E-state index contributed by atoms with van der Waals surface area (Å²) in [7, 11) is 3.92. The number of hydrogen-bond acceptors (Lipinski definition) is 3. The zero-order valence-electron chi connectivity index (χ0n) is 8.74. The van der Waals surface area contributed by atoms with Crippen LogP contribution in [0.25, 0.3) is 11.0 Å². The molecular formula is C11H12N3O. The highest BCUT2D eigenvalue weighted by molar-refractivity contribution is 5.90. The minimum Gasteiger partial charge on any atom is -0.336 e. The van der Waals surface area contributed by atoms with Crippen molar-refractivity contribution in [2.45, 2.75) is 6.54 Å². The first-order valence-corrected chi connectivity index (χ1v) is 4.71. The van der Waals surface area contributed by atoms with E-state index in [4.69, 9.17) is 0 Å². The van der Waals surface area contributed by atoms with Crippen molar-refractivity contribution in [3.8, 4) is 0 Å². The van der Waals surface area contributed by atoms with Crippen molar-refractivity contribution in [3.63, 3.8) is 0 Å². The average Bonchev–Trinajstić information content (AvgIpc) is 2.56. The Morgan fingerprint density at radius 1 is 1.53 bits per heavy atom. The molecular weight excluding hydrogens is 190 g/mol. The van der Waals surface area contributed by atoms with E-state index in [2.05, 4.69) is 9.97 Å². The minimum absolute atomic E-state index is 0.498. The standard InChI is InChI=1S/C11H12N3O/c1-14(2)6-9-8-4-3-5-12-11(8)13-10(9)7-15/h3-5H,6H2,1-2H3,(H,12,13). The SMILES string of the molecule is CN(C)Cc1c([C]=O)[nH]c2ncccc12. The number of carbonyl (C=O) groups excluding carboxylic acids is 1. The molecule has 77 valence electrons. The van der Waals surface area contributed by atoms with Gasteiger partial charge in [0.2, 0.25) is 0 Å². The predicted octanol–water partition coefficient (Wildman–Crippen LogP) is 1.08. The molecule has 0 saturated carbocycles. The van der Waals surface area contributed by atoms with Gasteiger partial charge in [0.25, 0.3) is 6.29 Å². The van der Waals surface area contributed by atoms with Gasteiger partial charge < -0.3 is 9.88 Å². The third-order valence-corrected chi connectivity index (χ3v) is 2.25. The molecule has 0 bridgehead atoms. The molecule has 2 rings (SSSR count). The fourth-order valence-electron chi connectivity index (χ4n) is 1.64. The largest absolute Gasteiger partial charge is 0.336 e. The first-order chi connectivity index (χ1) is 7.22. The van der Waals surface area contributed by atoms with Crippen LogP contribution in [-0.2, 0) is 11.3 Å². The molecule has 0 aliphatic carbocycles. The van der Waals surface area contributed by atoms with Crippen LogP contribution in [0.2, 0.25) is 0 Å². The molecule has 0 aliphatic rings. The zero-order chi connectivity index (χ0) is 10.8. The summed E-state index contributed by atoms with van der Waals surface area (Å²) in [5.41, 5.74) is 2.20. The van der Waals surface area contributed by atoms with Crippen molar-refractivity contribution in [1.82, 2.24) is 14.9 Å². The number of fused-ring (bicyclic) bond motifs is 1. The number of nitrogens with zero attached hydrogens (tertiary/aromatic N) is 2. The van der Waals surface area contributed by atoms with Crippen LogP contribution < -0.4 is 0 Å². The Bertz CT molecular complexity index is 488. The lowest BCUT2D eigenvalue weighted by Gasteiger charge is -2.08. The Kier molecular flexibility index (Phi) is 2.51. The van der Waals surface area contributed by atoms with Crippen molar-refractivity contribution < 1.29 is 4.79 Å². The molecule has 0 atom stereocenters. The Hall–Kier alpha value is -1.68. The van der Waals surface area contributed by atoms with Gasteiger partial charge in [-0.25, -0.2) is 4.98 Å². The Morgan fingerprint density at radius 2 is 2.33 bits per heavy atom. The lowest BCUT2D eigenvalue weighted by molar-refractivity contribution is 0.403. The molecule has 0 fully saturated rings. The highest BCUT2D eigenvalue weighted by Crippen LogP contribution is 2.20. The molecule has 4 nitrogen and oxygen atoms in total. The summed E-state index contributed by atoms with van der Waals surface area (Å²) in [6.07, 6.45) is 3.62. The van der Waals surface area contributed by atoms with Crippen LogP contribution in [0.15, 0.2) is 18.3 Å². The second kappa shape index (κ2) is 3.82. The highest BCUT2D eigenvalue weighted by atomic mass is 16.1. The highest BCUT2D eigenvalue weighted by Gasteiger charge is 2.12. The number of aromatic nitrogens is 2. The van der Waals surface area contributed by atoms with Crippen molar-refractivity contribution >= 4 is 17.3 Å². The maximum atomic E-state index is 10.8. The fraction of sp³-hybridized carbons (Fsp3) is 0.273. The summed E-state index contributed by atoms with van der Waals surface area (Å²) in [6.45, 7) is 0.705. The van der Waals surface area contributed by atoms with Crippen LogP contribution in [0.4, 0.5) is 0 Å². The van der Waals surface area contributed by atoms with Gasteiger partial charge >= 0.3 is 0 Å². The van der Waals surface area contributed by atoms with Gasteiger partial charge in [-0.1, -0.05) is 0 Å². The lowest BCUT2D eigenvalue weighted by Crippen LogP contribution is -2.11. The van der Waals surface area contributed by atoms with Crippen LogP contribution in [0.5, 0.6) is 0 Å². The normalized spacial score (nSPS) is 11.1. The number of nitrogens with one attached hydrogen (secondary N) is 1. The van der Waals surface area contributed by atoms with E-state index in [9.17, 15) is 4.79 Å². The maximum absolute atomic E-state index is 10.8. The number of rotatable bonds is 3. The van der Waals surface area contributed by atoms with Crippen LogP contribution in [0.1, 0.15) is 11.3 Å². The van der Waals surface area contributed by atoms with Gasteiger partial charge in [-0.15, -0.1) is 0 Å². The Balaban J connectivity index is 2.61. The molecule has 1 N–H and O–H groups in total. The molecule has 2 heterocycles. The van der Waals surface area contributed by atoms with Crippen LogP contribution in [-0.4, -0.2) is 35.2 Å². The van der Waals surface area contributed by atoms with E-state index in [1.165, 1.54) is 0 Å². The van der Waals surface area contributed by atoms with Gasteiger partial charge in [0.1, 0.15) is 5.65 Å². The number of pyridine rings is 1. The van der Waals surface area contributed by atoms with Crippen molar-refractivity contribution in [1.29, 1.82) is 0 Å². The first-order valence-electron chi connectivity index (χ1n) is 4.71. The van der Waals surface area contributed by atoms with Crippen LogP contribution >= 0.6 is 0 Å². The Labute approximate surface area is 87.9 Å². The summed E-state index contributed by atoms with van der Waals surface area (Å²) >= 11 is 0. The lowest BCUT2D eigenvalue weighted by atomic mass is 10.1. The molecule has 0 spiro atoms. The molecule has 0 amide bonds. The van der Waals surface area contributed by atoms with E-state index < -0.39 is 0 Å². The average molecular weight is 202 g/mol. The van der Waals surface area contributed by atoms with E-state index in [0.717, 1.165) is 16.6 Å². The molecule has 0 aliphatic heterocycles.